The molecule has 2 nitrogen and oxygen atoms in total. The maximum absolute atomic E-state index is 9.35. The first-order valence-corrected chi connectivity index (χ1v) is 3.36. The zero-order valence-electron chi connectivity index (χ0n) is 6.43. The van der Waals surface area contributed by atoms with Crippen LogP contribution >= 0.6 is 0 Å². The molecule has 1 fully saturated rings. The van der Waals surface area contributed by atoms with Crippen LogP contribution in [0.2, 0.25) is 0 Å². The molecule has 0 atom stereocenters. The van der Waals surface area contributed by atoms with Gasteiger partial charge in [0.15, 0.2) is 0 Å². The summed E-state index contributed by atoms with van der Waals surface area (Å²) in [5.41, 5.74) is -0.632. The van der Waals surface area contributed by atoms with Crippen molar-refractivity contribution in [2.45, 2.75) is 18.4 Å². The van der Waals surface area contributed by atoms with E-state index in [1.54, 1.807) is 0 Å². The second-order valence-corrected chi connectivity index (χ2v) is 3.03. The third-order valence-corrected chi connectivity index (χ3v) is 1.92. The van der Waals surface area contributed by atoms with E-state index >= 15 is 0 Å². The summed E-state index contributed by atoms with van der Waals surface area (Å²) >= 11 is 0. The number of piperidine rings is 1. The molecule has 0 aromatic rings. The predicted octanol–water partition coefficient (Wildman–Crippen LogP) is 0.277. The fourth-order valence-electron chi connectivity index (χ4n) is 1.03. The summed E-state index contributed by atoms with van der Waals surface area (Å²) < 4.78 is 0. The Bertz CT molecular complexity index is 95.8. The van der Waals surface area contributed by atoms with E-state index in [1.165, 1.54) is 0 Å². The van der Waals surface area contributed by atoms with Gasteiger partial charge in [-0.05, 0) is 33.0 Å². The molecule has 0 amide bonds. The quantitative estimate of drug-likeness (QED) is 0.623. The molecule has 0 saturated carbocycles. The van der Waals surface area contributed by atoms with Crippen molar-refractivity contribution in [1.29, 1.82) is 0 Å². The summed E-state index contributed by atoms with van der Waals surface area (Å²) in [6, 6.07) is 0. The minimum absolute atomic E-state index is 0. The number of rotatable bonds is 0. The van der Waals surface area contributed by atoms with Crippen molar-refractivity contribution in [3.8, 4) is 0 Å². The maximum Gasteiger partial charge on any atom is 0 e. The number of hydrogen-bond donors (Lipinski definition) is 1. The second kappa shape index (κ2) is 4.11. The van der Waals surface area contributed by atoms with E-state index in [1.807, 2.05) is 0 Å². The van der Waals surface area contributed by atoms with Crippen molar-refractivity contribution >= 4 is 0 Å². The van der Waals surface area contributed by atoms with Crippen LogP contribution in [-0.2, 0) is 0 Å². The molecule has 3 heteroatoms. The van der Waals surface area contributed by atoms with Crippen LogP contribution in [0, 0.1) is 38.0 Å². The predicted molar refractivity (Wildman–Crippen MR) is 37.0 cm³/mol. The summed E-state index contributed by atoms with van der Waals surface area (Å²) in [4.78, 5) is 2.21. The Morgan fingerprint density at radius 2 is 1.80 bits per heavy atom. The topological polar surface area (TPSA) is 23.5 Å². The molecule has 10 heavy (non-hydrogen) atoms. The van der Waals surface area contributed by atoms with E-state index in [9.17, 15) is 5.11 Å². The molecule has 0 bridgehead atoms. The summed E-state index contributed by atoms with van der Waals surface area (Å²) in [6.45, 7) is 5.64. The Kier molecular flexibility index (Phi) is 4.51. The fraction of sp³-hybridized carbons (Fsp3) is 0.857. The van der Waals surface area contributed by atoms with E-state index in [-0.39, 0.29) is 31.1 Å². The number of nitrogens with zero attached hydrogens (tertiary/aromatic N) is 1. The maximum atomic E-state index is 9.35. The van der Waals surface area contributed by atoms with Crippen molar-refractivity contribution in [3.63, 3.8) is 0 Å². The average Bonchev–Trinajstić information content (AvgIpc) is 1.78. The summed E-state index contributed by atoms with van der Waals surface area (Å²) in [6.07, 6.45) is 1.62. The average molecular weight is 366 g/mol. The van der Waals surface area contributed by atoms with Gasteiger partial charge in [-0.1, -0.05) is 5.60 Å². The molecule has 1 saturated heterocycles. The van der Waals surface area contributed by atoms with Crippen molar-refractivity contribution in [2.75, 3.05) is 20.1 Å². The fourth-order valence-corrected chi connectivity index (χ4v) is 1.03. The molecule has 0 unspecified atom stereocenters. The molecule has 1 rings (SSSR count). The first-order chi connectivity index (χ1) is 4.10. The minimum atomic E-state index is -0.632. The molecule has 1 aliphatic heterocycles. The van der Waals surface area contributed by atoms with Gasteiger partial charge in [0.1, 0.15) is 0 Å². The molecule has 0 aromatic heterocycles. The number of hydrogen-bond acceptors (Lipinski definition) is 2. The normalized spacial score (nSPS) is 25.5. The van der Waals surface area contributed by atoms with Crippen LogP contribution in [0.3, 0.4) is 0 Å². The van der Waals surface area contributed by atoms with Crippen LogP contribution in [0.15, 0.2) is 0 Å². The van der Waals surface area contributed by atoms with Crippen LogP contribution in [-0.4, -0.2) is 35.7 Å². The van der Waals surface area contributed by atoms with Crippen molar-refractivity contribution in [2.24, 2.45) is 0 Å². The monoisotopic (exact) mass is 366 g/mol. The third-order valence-electron chi connectivity index (χ3n) is 1.92. The Hall–Kier alpha value is 0.972. The molecule has 0 aromatic carbocycles. The minimum Gasteiger partial charge on any atom is -0.422 e. The number of aliphatic hydroxyl groups is 1. The summed E-state index contributed by atoms with van der Waals surface area (Å²) in [5, 5.41) is 9.35. The summed E-state index contributed by atoms with van der Waals surface area (Å²) in [5.74, 6) is 0. The van der Waals surface area contributed by atoms with Gasteiger partial charge in [0.25, 0.3) is 0 Å². The van der Waals surface area contributed by atoms with Crippen LogP contribution in [0.4, 0.5) is 0 Å². The van der Waals surface area contributed by atoms with Crippen LogP contribution in [0.25, 0.3) is 0 Å². The third kappa shape index (κ3) is 3.39. The van der Waals surface area contributed by atoms with Crippen molar-refractivity contribution in [3.05, 3.63) is 6.92 Å². The van der Waals surface area contributed by atoms with Gasteiger partial charge in [0.05, 0.1) is 0 Å². The zero-order chi connectivity index (χ0) is 6.91. The Labute approximate surface area is 86.4 Å². The van der Waals surface area contributed by atoms with Crippen LogP contribution < -0.4 is 0 Å². The van der Waals surface area contributed by atoms with Crippen molar-refractivity contribution in [1.82, 2.24) is 4.90 Å². The van der Waals surface area contributed by atoms with E-state index in [0.717, 1.165) is 25.9 Å². The molecular weight excluding hydrogens is 352 g/mol. The van der Waals surface area contributed by atoms with Gasteiger partial charge in [-0.15, -0.1) is 0 Å². The van der Waals surface area contributed by atoms with E-state index in [2.05, 4.69) is 18.9 Å². The Balaban J connectivity index is 0.000000810. The van der Waals surface area contributed by atoms with Crippen molar-refractivity contribution < 1.29 is 36.2 Å². The first-order valence-electron chi connectivity index (χ1n) is 3.36. The number of likely N-dealkylation sites (tertiary alicyclic amines) is 1. The molecule has 58 valence electrons. The Morgan fingerprint density at radius 3 is 2.10 bits per heavy atom. The molecular formula is C7H14NOU-. The van der Waals surface area contributed by atoms with E-state index in [4.69, 9.17) is 0 Å². The molecule has 1 aliphatic rings. The van der Waals surface area contributed by atoms with Gasteiger partial charge in [0, 0.05) is 31.1 Å². The summed E-state index contributed by atoms with van der Waals surface area (Å²) in [7, 11) is 2.06. The van der Waals surface area contributed by atoms with Gasteiger partial charge in [-0.3, -0.25) is 0 Å². The van der Waals surface area contributed by atoms with Gasteiger partial charge >= 0.3 is 0 Å². The smallest absolute Gasteiger partial charge is 0 e. The second-order valence-electron chi connectivity index (χ2n) is 3.03. The van der Waals surface area contributed by atoms with Gasteiger partial charge in [-0.2, -0.15) is 0 Å². The van der Waals surface area contributed by atoms with Crippen LogP contribution in [0.5, 0.6) is 0 Å². The van der Waals surface area contributed by atoms with Gasteiger partial charge in [-0.25, -0.2) is 0 Å². The van der Waals surface area contributed by atoms with E-state index < -0.39 is 5.60 Å². The molecule has 0 aliphatic carbocycles. The zero-order valence-corrected chi connectivity index (χ0v) is 10.6. The van der Waals surface area contributed by atoms with Crippen LogP contribution in [0.1, 0.15) is 12.8 Å². The molecule has 0 spiro atoms. The standard InChI is InChI=1S/C7H14NO.U/c1-7(9)3-5-8(2)6-4-7;/h9H,1,3-6H2,2H3;/q-1;. The molecule has 1 N–H and O–H groups in total. The Morgan fingerprint density at radius 1 is 1.40 bits per heavy atom. The SMILES string of the molecule is [CH2-]C1(O)CCN(C)CC1.[U]. The van der Waals surface area contributed by atoms with Gasteiger partial charge < -0.3 is 16.9 Å². The van der Waals surface area contributed by atoms with E-state index in [0.29, 0.717) is 0 Å². The largest absolute Gasteiger partial charge is 0.422 e. The van der Waals surface area contributed by atoms with Gasteiger partial charge in [0.2, 0.25) is 0 Å². The molecule has 1 heterocycles. The first kappa shape index (κ1) is 11.0. The molecule has 0 radical (unpaired) electrons.